The standard InChI is InChI=1S/C15H18N2O2/c1-9-15(10(2)17-16-9)19-14-8-7-13(18-3)11-5-4-6-12(11)14/h7-8H,4-6H2,1-3H3,(H,16,17). The predicted octanol–water partition coefficient (Wildman–Crippen LogP) is 3.32. The van der Waals surface area contributed by atoms with E-state index in [1.54, 1.807) is 7.11 Å². The molecule has 0 radical (unpaired) electrons. The lowest BCUT2D eigenvalue weighted by molar-refractivity contribution is 0.408. The molecule has 0 spiro atoms. The highest BCUT2D eigenvalue weighted by molar-refractivity contribution is 5.52. The quantitative estimate of drug-likeness (QED) is 0.918. The number of ether oxygens (including phenoxy) is 2. The molecular formula is C15H18N2O2. The predicted molar refractivity (Wildman–Crippen MR) is 73.2 cm³/mol. The summed E-state index contributed by atoms with van der Waals surface area (Å²) in [7, 11) is 1.72. The Kier molecular flexibility index (Phi) is 2.93. The molecule has 0 amide bonds. The fourth-order valence-electron chi connectivity index (χ4n) is 2.73. The Morgan fingerprint density at radius 2 is 1.79 bits per heavy atom. The number of methoxy groups -OCH3 is 1. The van der Waals surface area contributed by atoms with Crippen LogP contribution in [-0.4, -0.2) is 17.3 Å². The van der Waals surface area contributed by atoms with E-state index in [1.807, 2.05) is 26.0 Å². The summed E-state index contributed by atoms with van der Waals surface area (Å²) in [6, 6.07) is 3.99. The van der Waals surface area contributed by atoms with Crippen LogP contribution in [0.5, 0.6) is 17.2 Å². The minimum Gasteiger partial charge on any atom is -0.496 e. The lowest BCUT2D eigenvalue weighted by Gasteiger charge is -2.13. The summed E-state index contributed by atoms with van der Waals surface area (Å²) in [5, 5.41) is 7.11. The van der Waals surface area contributed by atoms with Gasteiger partial charge in [0.25, 0.3) is 0 Å². The maximum absolute atomic E-state index is 6.07. The second kappa shape index (κ2) is 4.61. The van der Waals surface area contributed by atoms with Gasteiger partial charge < -0.3 is 9.47 Å². The summed E-state index contributed by atoms with van der Waals surface area (Å²) in [4.78, 5) is 0. The summed E-state index contributed by atoms with van der Waals surface area (Å²) in [5.74, 6) is 2.74. The molecule has 1 aliphatic rings. The van der Waals surface area contributed by atoms with Crippen LogP contribution in [0.1, 0.15) is 28.9 Å². The van der Waals surface area contributed by atoms with E-state index < -0.39 is 0 Å². The molecule has 1 N–H and O–H groups in total. The highest BCUT2D eigenvalue weighted by Gasteiger charge is 2.21. The maximum atomic E-state index is 6.07. The third kappa shape index (κ3) is 1.97. The van der Waals surface area contributed by atoms with Gasteiger partial charge in [-0.15, -0.1) is 0 Å². The number of nitrogens with one attached hydrogen (secondary N) is 1. The number of benzene rings is 1. The van der Waals surface area contributed by atoms with Crippen molar-refractivity contribution in [3.05, 3.63) is 34.6 Å². The molecule has 0 atom stereocenters. The van der Waals surface area contributed by atoms with Gasteiger partial charge in [-0.1, -0.05) is 0 Å². The van der Waals surface area contributed by atoms with E-state index in [0.29, 0.717) is 0 Å². The molecule has 100 valence electrons. The largest absolute Gasteiger partial charge is 0.496 e. The molecule has 0 aliphatic heterocycles. The first-order valence-electron chi connectivity index (χ1n) is 6.59. The Morgan fingerprint density at radius 3 is 2.42 bits per heavy atom. The molecule has 1 aliphatic carbocycles. The highest BCUT2D eigenvalue weighted by Crippen LogP contribution is 2.39. The number of hydrogen-bond acceptors (Lipinski definition) is 3. The molecule has 0 unspecified atom stereocenters. The third-order valence-corrected chi connectivity index (χ3v) is 3.69. The van der Waals surface area contributed by atoms with Crippen LogP contribution in [0.15, 0.2) is 12.1 Å². The first-order valence-corrected chi connectivity index (χ1v) is 6.59. The van der Waals surface area contributed by atoms with Gasteiger partial charge in [-0.05, 0) is 45.2 Å². The number of fused-ring (bicyclic) bond motifs is 1. The Bertz CT molecular complexity index is 597. The zero-order valence-electron chi connectivity index (χ0n) is 11.5. The molecular weight excluding hydrogens is 240 g/mol. The molecule has 1 heterocycles. The van der Waals surface area contributed by atoms with Gasteiger partial charge in [0.1, 0.15) is 17.2 Å². The minimum absolute atomic E-state index is 0.833. The van der Waals surface area contributed by atoms with Crippen LogP contribution in [0.2, 0.25) is 0 Å². The second-order valence-electron chi connectivity index (χ2n) is 4.94. The molecule has 0 fully saturated rings. The molecule has 4 heteroatoms. The highest BCUT2D eigenvalue weighted by atomic mass is 16.5. The summed E-state index contributed by atoms with van der Waals surface area (Å²) < 4.78 is 11.5. The number of rotatable bonds is 3. The fraction of sp³-hybridized carbons (Fsp3) is 0.400. The molecule has 0 saturated heterocycles. The molecule has 19 heavy (non-hydrogen) atoms. The van der Waals surface area contributed by atoms with Crippen LogP contribution in [-0.2, 0) is 12.8 Å². The maximum Gasteiger partial charge on any atom is 0.170 e. The van der Waals surface area contributed by atoms with E-state index >= 15 is 0 Å². The number of aromatic nitrogens is 2. The SMILES string of the molecule is COc1ccc(Oc2c(C)n[nH]c2C)c2c1CCC2. The lowest BCUT2D eigenvalue weighted by Crippen LogP contribution is -1.95. The van der Waals surface area contributed by atoms with Crippen molar-refractivity contribution in [1.82, 2.24) is 10.2 Å². The smallest absolute Gasteiger partial charge is 0.170 e. The average Bonchev–Trinajstić information content (AvgIpc) is 3.01. The zero-order valence-corrected chi connectivity index (χ0v) is 11.5. The monoisotopic (exact) mass is 258 g/mol. The van der Waals surface area contributed by atoms with Crippen molar-refractivity contribution >= 4 is 0 Å². The van der Waals surface area contributed by atoms with Crippen LogP contribution in [0.4, 0.5) is 0 Å². The number of hydrogen-bond donors (Lipinski definition) is 1. The van der Waals surface area contributed by atoms with Crippen molar-refractivity contribution in [2.75, 3.05) is 7.11 Å². The van der Waals surface area contributed by atoms with Crippen molar-refractivity contribution in [2.45, 2.75) is 33.1 Å². The van der Waals surface area contributed by atoms with Crippen molar-refractivity contribution in [2.24, 2.45) is 0 Å². The van der Waals surface area contributed by atoms with Gasteiger partial charge in [0.15, 0.2) is 5.75 Å². The summed E-state index contributed by atoms with van der Waals surface area (Å²) >= 11 is 0. The van der Waals surface area contributed by atoms with Gasteiger partial charge in [-0.2, -0.15) is 5.10 Å². The molecule has 4 nitrogen and oxygen atoms in total. The normalized spacial score (nSPS) is 13.4. The van der Waals surface area contributed by atoms with Crippen LogP contribution in [0, 0.1) is 13.8 Å². The second-order valence-corrected chi connectivity index (χ2v) is 4.94. The van der Waals surface area contributed by atoms with Gasteiger partial charge in [0, 0.05) is 11.1 Å². The molecule has 0 bridgehead atoms. The van der Waals surface area contributed by atoms with Gasteiger partial charge in [0.2, 0.25) is 0 Å². The van der Waals surface area contributed by atoms with E-state index in [4.69, 9.17) is 9.47 Å². The fourth-order valence-corrected chi connectivity index (χ4v) is 2.73. The third-order valence-electron chi connectivity index (χ3n) is 3.69. The van der Waals surface area contributed by atoms with Gasteiger partial charge in [0.05, 0.1) is 12.8 Å². The zero-order chi connectivity index (χ0) is 13.4. The van der Waals surface area contributed by atoms with E-state index in [0.717, 1.165) is 47.9 Å². The Hall–Kier alpha value is -1.97. The van der Waals surface area contributed by atoms with Gasteiger partial charge in [-0.3, -0.25) is 5.10 Å². The van der Waals surface area contributed by atoms with E-state index in [2.05, 4.69) is 10.2 Å². The Balaban J connectivity index is 2.01. The van der Waals surface area contributed by atoms with Crippen molar-refractivity contribution in [3.8, 4) is 17.2 Å². The van der Waals surface area contributed by atoms with E-state index in [1.165, 1.54) is 11.1 Å². The molecule has 1 aromatic carbocycles. The minimum atomic E-state index is 0.833. The summed E-state index contributed by atoms with van der Waals surface area (Å²) in [6.45, 7) is 3.92. The molecule has 2 aromatic rings. The Morgan fingerprint density at radius 1 is 1.11 bits per heavy atom. The van der Waals surface area contributed by atoms with Gasteiger partial charge in [-0.25, -0.2) is 0 Å². The van der Waals surface area contributed by atoms with Gasteiger partial charge >= 0.3 is 0 Å². The number of aryl methyl sites for hydroxylation is 2. The van der Waals surface area contributed by atoms with Crippen LogP contribution < -0.4 is 9.47 Å². The topological polar surface area (TPSA) is 47.1 Å². The first-order chi connectivity index (χ1) is 9.20. The van der Waals surface area contributed by atoms with Crippen molar-refractivity contribution in [1.29, 1.82) is 0 Å². The number of nitrogens with zero attached hydrogens (tertiary/aromatic N) is 1. The van der Waals surface area contributed by atoms with Crippen molar-refractivity contribution < 1.29 is 9.47 Å². The summed E-state index contributed by atoms with van der Waals surface area (Å²) in [5.41, 5.74) is 4.42. The summed E-state index contributed by atoms with van der Waals surface area (Å²) in [6.07, 6.45) is 3.28. The number of H-pyrrole nitrogens is 1. The van der Waals surface area contributed by atoms with Crippen LogP contribution in [0.3, 0.4) is 0 Å². The average molecular weight is 258 g/mol. The first kappa shape index (κ1) is 12.1. The van der Waals surface area contributed by atoms with Crippen LogP contribution in [0.25, 0.3) is 0 Å². The Labute approximate surface area is 112 Å². The van der Waals surface area contributed by atoms with E-state index in [-0.39, 0.29) is 0 Å². The molecule has 1 aromatic heterocycles. The molecule has 0 saturated carbocycles. The van der Waals surface area contributed by atoms with E-state index in [9.17, 15) is 0 Å². The number of aromatic amines is 1. The lowest BCUT2D eigenvalue weighted by atomic mass is 10.1. The van der Waals surface area contributed by atoms with Crippen molar-refractivity contribution in [3.63, 3.8) is 0 Å². The van der Waals surface area contributed by atoms with Crippen LogP contribution >= 0.6 is 0 Å². The molecule has 3 rings (SSSR count).